The van der Waals surface area contributed by atoms with E-state index in [1.165, 1.54) is 12.0 Å². The third kappa shape index (κ3) is 4.61. The summed E-state index contributed by atoms with van der Waals surface area (Å²) in [5.41, 5.74) is 1.95. The van der Waals surface area contributed by atoms with Crippen molar-refractivity contribution in [3.8, 4) is 5.75 Å². The first kappa shape index (κ1) is 19.5. The zero-order chi connectivity index (χ0) is 20.1. The molecule has 1 aliphatic carbocycles. The van der Waals surface area contributed by atoms with Gasteiger partial charge in [0.05, 0.1) is 12.2 Å². The molecule has 1 heterocycles. The van der Waals surface area contributed by atoms with Crippen LogP contribution in [-0.4, -0.2) is 31.0 Å². The van der Waals surface area contributed by atoms with Crippen LogP contribution in [0, 0.1) is 5.92 Å². The Morgan fingerprint density at radius 1 is 0.966 bits per heavy atom. The van der Waals surface area contributed by atoms with E-state index in [4.69, 9.17) is 4.74 Å². The first-order chi connectivity index (χ1) is 14.2. The number of anilines is 1. The van der Waals surface area contributed by atoms with Gasteiger partial charge < -0.3 is 15.0 Å². The SMILES string of the molecule is O=C(NCCc1ccccc1)[C@H]1CN(C(=O)C2CCCCC2)c2ccccc2O1. The average Bonchev–Trinajstić information content (AvgIpc) is 2.79. The van der Waals surface area contributed by atoms with E-state index < -0.39 is 6.10 Å². The Morgan fingerprint density at radius 2 is 1.69 bits per heavy atom. The molecule has 2 aliphatic rings. The van der Waals surface area contributed by atoms with Crippen LogP contribution in [0.25, 0.3) is 0 Å². The standard InChI is InChI=1S/C24H28N2O3/c27-23(25-16-15-18-9-3-1-4-10-18)22-17-26(20-13-7-8-14-21(20)29-22)24(28)19-11-5-2-6-12-19/h1,3-4,7-10,13-14,19,22H,2,5-6,11-12,15-17H2,(H,25,27)/t22-/m1/s1. The fourth-order valence-electron chi connectivity index (χ4n) is 4.24. The van der Waals surface area contributed by atoms with Gasteiger partial charge in [0, 0.05) is 12.5 Å². The molecule has 0 radical (unpaired) electrons. The summed E-state index contributed by atoms with van der Waals surface area (Å²) in [5.74, 6) is 0.613. The smallest absolute Gasteiger partial charge is 0.262 e. The maximum absolute atomic E-state index is 13.2. The second kappa shape index (κ2) is 9.12. The third-order valence-corrected chi connectivity index (χ3v) is 5.84. The second-order valence-corrected chi connectivity index (χ2v) is 7.88. The number of nitrogens with zero attached hydrogens (tertiary/aromatic N) is 1. The van der Waals surface area contributed by atoms with Crippen molar-refractivity contribution in [2.75, 3.05) is 18.0 Å². The van der Waals surface area contributed by atoms with Gasteiger partial charge in [-0.05, 0) is 37.0 Å². The fraction of sp³-hybridized carbons (Fsp3) is 0.417. The molecule has 1 saturated carbocycles. The molecule has 4 rings (SSSR count). The molecule has 29 heavy (non-hydrogen) atoms. The Hall–Kier alpha value is -2.82. The molecule has 5 nitrogen and oxygen atoms in total. The highest BCUT2D eigenvalue weighted by molar-refractivity contribution is 5.98. The van der Waals surface area contributed by atoms with Crippen LogP contribution in [0.4, 0.5) is 5.69 Å². The molecule has 1 fully saturated rings. The van der Waals surface area contributed by atoms with Gasteiger partial charge in [0.25, 0.3) is 5.91 Å². The van der Waals surface area contributed by atoms with Crippen molar-refractivity contribution in [2.45, 2.75) is 44.6 Å². The molecule has 2 amide bonds. The summed E-state index contributed by atoms with van der Waals surface area (Å²) in [6.45, 7) is 0.810. The monoisotopic (exact) mass is 392 g/mol. The lowest BCUT2D eigenvalue weighted by Crippen LogP contribution is -2.52. The van der Waals surface area contributed by atoms with Crippen molar-refractivity contribution in [3.05, 3.63) is 60.2 Å². The van der Waals surface area contributed by atoms with Crippen molar-refractivity contribution in [1.29, 1.82) is 0 Å². The van der Waals surface area contributed by atoms with Crippen LogP contribution in [0.5, 0.6) is 5.75 Å². The van der Waals surface area contributed by atoms with Crippen LogP contribution < -0.4 is 15.0 Å². The summed E-state index contributed by atoms with van der Waals surface area (Å²) in [6, 6.07) is 17.6. The number of benzene rings is 2. The lowest BCUT2D eigenvalue weighted by Gasteiger charge is -2.36. The topological polar surface area (TPSA) is 58.6 Å². The molecule has 1 atom stereocenters. The van der Waals surface area contributed by atoms with E-state index in [1.54, 1.807) is 4.90 Å². The molecule has 152 valence electrons. The Morgan fingerprint density at radius 3 is 2.48 bits per heavy atom. The summed E-state index contributed by atoms with van der Waals surface area (Å²) in [5, 5.41) is 2.97. The fourth-order valence-corrected chi connectivity index (χ4v) is 4.24. The number of nitrogens with one attached hydrogen (secondary N) is 1. The summed E-state index contributed by atoms with van der Waals surface area (Å²) in [4.78, 5) is 27.8. The quantitative estimate of drug-likeness (QED) is 0.844. The van der Waals surface area contributed by atoms with E-state index in [9.17, 15) is 9.59 Å². The Balaban J connectivity index is 1.43. The van der Waals surface area contributed by atoms with E-state index in [1.807, 2.05) is 54.6 Å². The van der Waals surface area contributed by atoms with Crippen molar-refractivity contribution in [1.82, 2.24) is 5.32 Å². The summed E-state index contributed by atoms with van der Waals surface area (Å²) in [6.07, 6.45) is 5.36. The van der Waals surface area contributed by atoms with Crippen LogP contribution in [0.2, 0.25) is 0 Å². The number of hydrogen-bond donors (Lipinski definition) is 1. The highest BCUT2D eigenvalue weighted by Gasteiger charge is 2.36. The molecule has 0 bridgehead atoms. The molecular formula is C24H28N2O3. The molecule has 5 heteroatoms. The Labute approximate surface area is 172 Å². The van der Waals surface area contributed by atoms with E-state index >= 15 is 0 Å². The predicted molar refractivity (Wildman–Crippen MR) is 113 cm³/mol. The Bertz CT molecular complexity index is 846. The van der Waals surface area contributed by atoms with Gasteiger partial charge in [0.15, 0.2) is 6.10 Å². The van der Waals surface area contributed by atoms with Gasteiger partial charge in [-0.3, -0.25) is 9.59 Å². The van der Waals surface area contributed by atoms with Gasteiger partial charge >= 0.3 is 0 Å². The lowest BCUT2D eigenvalue weighted by atomic mass is 9.88. The number of carbonyl (C=O) groups is 2. The van der Waals surface area contributed by atoms with Gasteiger partial charge in [0.1, 0.15) is 5.75 Å². The van der Waals surface area contributed by atoms with Gasteiger partial charge in [-0.1, -0.05) is 61.7 Å². The minimum Gasteiger partial charge on any atom is -0.477 e. The van der Waals surface area contributed by atoms with E-state index in [2.05, 4.69) is 5.32 Å². The zero-order valence-electron chi connectivity index (χ0n) is 16.7. The molecule has 0 saturated heterocycles. The van der Waals surface area contributed by atoms with Crippen LogP contribution in [0.3, 0.4) is 0 Å². The van der Waals surface area contributed by atoms with Crippen molar-refractivity contribution in [3.63, 3.8) is 0 Å². The minimum absolute atomic E-state index is 0.0525. The lowest BCUT2D eigenvalue weighted by molar-refractivity contribution is -0.129. The van der Waals surface area contributed by atoms with Gasteiger partial charge in [0.2, 0.25) is 5.91 Å². The predicted octanol–water partition coefficient (Wildman–Crippen LogP) is 3.72. The molecular weight excluding hydrogens is 364 g/mol. The maximum atomic E-state index is 13.2. The van der Waals surface area contributed by atoms with Crippen LogP contribution in [0.15, 0.2) is 54.6 Å². The number of para-hydroxylation sites is 2. The second-order valence-electron chi connectivity index (χ2n) is 7.88. The maximum Gasteiger partial charge on any atom is 0.262 e. The number of ether oxygens (including phenoxy) is 1. The van der Waals surface area contributed by atoms with E-state index in [-0.39, 0.29) is 24.3 Å². The number of fused-ring (bicyclic) bond motifs is 1. The molecule has 0 aromatic heterocycles. The average molecular weight is 392 g/mol. The van der Waals surface area contributed by atoms with Crippen molar-refractivity contribution in [2.24, 2.45) is 5.92 Å². The third-order valence-electron chi connectivity index (χ3n) is 5.84. The molecule has 2 aromatic rings. The first-order valence-electron chi connectivity index (χ1n) is 10.6. The number of rotatable bonds is 5. The minimum atomic E-state index is -0.687. The number of amides is 2. The Kier molecular flexibility index (Phi) is 6.13. The van der Waals surface area contributed by atoms with Crippen LogP contribution in [-0.2, 0) is 16.0 Å². The van der Waals surface area contributed by atoms with Gasteiger partial charge in [-0.2, -0.15) is 0 Å². The summed E-state index contributed by atoms with van der Waals surface area (Å²) in [7, 11) is 0. The van der Waals surface area contributed by atoms with Crippen molar-refractivity contribution < 1.29 is 14.3 Å². The molecule has 2 aromatic carbocycles. The molecule has 0 unspecified atom stereocenters. The summed E-state index contributed by atoms with van der Waals surface area (Å²) < 4.78 is 5.96. The highest BCUT2D eigenvalue weighted by atomic mass is 16.5. The normalized spacial score (nSPS) is 19.2. The van der Waals surface area contributed by atoms with Gasteiger partial charge in [-0.15, -0.1) is 0 Å². The molecule has 0 spiro atoms. The van der Waals surface area contributed by atoms with E-state index in [0.29, 0.717) is 12.3 Å². The molecule has 1 aliphatic heterocycles. The number of hydrogen-bond acceptors (Lipinski definition) is 3. The first-order valence-corrected chi connectivity index (χ1v) is 10.6. The number of carbonyl (C=O) groups excluding carboxylic acids is 2. The summed E-state index contributed by atoms with van der Waals surface area (Å²) >= 11 is 0. The molecule has 1 N–H and O–H groups in total. The highest BCUT2D eigenvalue weighted by Crippen LogP contribution is 2.36. The van der Waals surface area contributed by atoms with Crippen LogP contribution in [0.1, 0.15) is 37.7 Å². The van der Waals surface area contributed by atoms with Gasteiger partial charge in [-0.25, -0.2) is 0 Å². The van der Waals surface area contributed by atoms with E-state index in [0.717, 1.165) is 37.8 Å². The zero-order valence-corrected chi connectivity index (χ0v) is 16.7. The van der Waals surface area contributed by atoms with Crippen molar-refractivity contribution >= 4 is 17.5 Å². The van der Waals surface area contributed by atoms with Crippen LogP contribution >= 0.6 is 0 Å². The largest absolute Gasteiger partial charge is 0.477 e.